The highest BCUT2D eigenvalue weighted by Gasteiger charge is 2.20. The van der Waals surface area contributed by atoms with Crippen molar-refractivity contribution >= 4 is 23.1 Å². The van der Waals surface area contributed by atoms with Crippen molar-refractivity contribution in [1.82, 2.24) is 19.5 Å². The molecular formula is C23H26N6O4. The standard InChI is InChI=1S/C23H26N6O4/c1-13-16(14(2)29-22(26-13)15(11-24)12-25-29)7-8-21(30)27-18-10-20(33-6)19(32-5)9-17(18)23(31)28(3)4/h9-10,12H,7-8H2,1-6H3,(H,27,30). The van der Waals surface area contributed by atoms with Crippen LogP contribution in [0.1, 0.15) is 39.3 Å². The Morgan fingerprint density at radius 2 is 1.85 bits per heavy atom. The number of nitrogens with one attached hydrogen (secondary N) is 1. The second kappa shape index (κ2) is 9.56. The normalized spacial score (nSPS) is 10.6. The molecule has 0 saturated carbocycles. The lowest BCUT2D eigenvalue weighted by molar-refractivity contribution is -0.116. The number of aromatic nitrogens is 3. The Labute approximate surface area is 191 Å². The zero-order chi connectivity index (χ0) is 24.3. The van der Waals surface area contributed by atoms with Gasteiger partial charge >= 0.3 is 0 Å². The van der Waals surface area contributed by atoms with E-state index in [1.165, 1.54) is 25.3 Å². The number of nitriles is 1. The van der Waals surface area contributed by atoms with Crippen LogP contribution in [0.15, 0.2) is 18.3 Å². The number of ether oxygens (including phenoxy) is 2. The van der Waals surface area contributed by atoms with Gasteiger partial charge in [-0.2, -0.15) is 10.4 Å². The van der Waals surface area contributed by atoms with Crippen molar-refractivity contribution in [1.29, 1.82) is 5.26 Å². The molecule has 0 bridgehead atoms. The Hall–Kier alpha value is -4.13. The quantitative estimate of drug-likeness (QED) is 0.587. The molecule has 172 valence electrons. The predicted molar refractivity (Wildman–Crippen MR) is 122 cm³/mol. The number of rotatable bonds is 7. The molecule has 3 rings (SSSR count). The maximum absolute atomic E-state index is 12.8. The summed E-state index contributed by atoms with van der Waals surface area (Å²) in [5.41, 5.74) is 3.96. The van der Waals surface area contributed by atoms with Gasteiger partial charge in [0.15, 0.2) is 17.1 Å². The summed E-state index contributed by atoms with van der Waals surface area (Å²) in [6.45, 7) is 3.72. The molecule has 0 radical (unpaired) electrons. The summed E-state index contributed by atoms with van der Waals surface area (Å²) in [5.74, 6) is 0.241. The summed E-state index contributed by atoms with van der Waals surface area (Å²) in [7, 11) is 6.23. The lowest BCUT2D eigenvalue weighted by atomic mass is 10.1. The van der Waals surface area contributed by atoms with E-state index in [4.69, 9.17) is 9.47 Å². The summed E-state index contributed by atoms with van der Waals surface area (Å²) < 4.78 is 12.2. The van der Waals surface area contributed by atoms with Gasteiger partial charge in [-0.05, 0) is 31.9 Å². The van der Waals surface area contributed by atoms with Crippen molar-refractivity contribution in [3.8, 4) is 17.6 Å². The third kappa shape index (κ3) is 4.57. The summed E-state index contributed by atoms with van der Waals surface area (Å²) in [6, 6.07) is 5.20. The van der Waals surface area contributed by atoms with Crippen LogP contribution in [-0.4, -0.2) is 59.6 Å². The number of nitrogens with zero attached hydrogens (tertiary/aromatic N) is 5. The van der Waals surface area contributed by atoms with Crippen molar-refractivity contribution in [2.45, 2.75) is 26.7 Å². The molecule has 0 fully saturated rings. The highest BCUT2D eigenvalue weighted by molar-refractivity contribution is 6.04. The first-order valence-electron chi connectivity index (χ1n) is 10.2. The van der Waals surface area contributed by atoms with Gasteiger partial charge in [-0.25, -0.2) is 9.50 Å². The summed E-state index contributed by atoms with van der Waals surface area (Å²) in [5, 5.41) is 16.3. The number of aryl methyl sites for hydroxylation is 2. The fraction of sp³-hybridized carbons (Fsp3) is 0.348. The molecule has 0 spiro atoms. The number of fused-ring (bicyclic) bond motifs is 1. The molecule has 0 aliphatic rings. The van der Waals surface area contributed by atoms with Gasteiger partial charge in [0.25, 0.3) is 5.91 Å². The molecule has 0 aliphatic heterocycles. The van der Waals surface area contributed by atoms with E-state index in [2.05, 4.69) is 21.5 Å². The first-order valence-corrected chi connectivity index (χ1v) is 10.2. The molecule has 0 saturated heterocycles. The maximum Gasteiger partial charge on any atom is 0.255 e. The number of hydrogen-bond donors (Lipinski definition) is 1. The first-order chi connectivity index (χ1) is 15.7. The van der Waals surface area contributed by atoms with Gasteiger partial charge in [-0.15, -0.1) is 0 Å². The van der Waals surface area contributed by atoms with E-state index in [1.54, 1.807) is 30.7 Å². The molecule has 10 heteroatoms. The molecule has 2 aromatic heterocycles. The Balaban J connectivity index is 1.86. The van der Waals surface area contributed by atoms with Crippen LogP contribution in [0, 0.1) is 25.2 Å². The minimum atomic E-state index is -0.278. The van der Waals surface area contributed by atoms with Gasteiger partial charge in [0, 0.05) is 38.0 Å². The van der Waals surface area contributed by atoms with E-state index in [-0.39, 0.29) is 18.2 Å². The highest BCUT2D eigenvalue weighted by Crippen LogP contribution is 2.34. The average Bonchev–Trinajstić information content (AvgIpc) is 3.20. The van der Waals surface area contributed by atoms with Crippen LogP contribution in [0.5, 0.6) is 11.5 Å². The van der Waals surface area contributed by atoms with E-state index in [0.29, 0.717) is 40.4 Å². The third-order valence-corrected chi connectivity index (χ3v) is 5.37. The van der Waals surface area contributed by atoms with Gasteiger partial charge < -0.3 is 19.7 Å². The lowest BCUT2D eigenvalue weighted by Gasteiger charge is -2.18. The molecule has 0 unspecified atom stereocenters. The minimum absolute atomic E-state index is 0.158. The van der Waals surface area contributed by atoms with Crippen LogP contribution in [0.3, 0.4) is 0 Å². The van der Waals surface area contributed by atoms with Gasteiger partial charge in [-0.3, -0.25) is 9.59 Å². The summed E-state index contributed by atoms with van der Waals surface area (Å²) in [4.78, 5) is 31.4. The number of amides is 2. The van der Waals surface area contributed by atoms with Crippen molar-refractivity contribution in [3.63, 3.8) is 0 Å². The first kappa shape index (κ1) is 23.5. The minimum Gasteiger partial charge on any atom is -0.493 e. The molecule has 2 heterocycles. The summed E-state index contributed by atoms with van der Waals surface area (Å²) in [6.07, 6.45) is 2.05. The number of benzene rings is 1. The Morgan fingerprint density at radius 1 is 1.18 bits per heavy atom. The van der Waals surface area contributed by atoms with Crippen LogP contribution >= 0.6 is 0 Å². The van der Waals surface area contributed by atoms with E-state index in [9.17, 15) is 14.9 Å². The molecule has 1 N–H and O–H groups in total. The van der Waals surface area contributed by atoms with Crippen molar-refractivity contribution in [2.75, 3.05) is 33.6 Å². The van der Waals surface area contributed by atoms with E-state index in [0.717, 1.165) is 17.0 Å². The lowest BCUT2D eigenvalue weighted by Crippen LogP contribution is -2.24. The second-order valence-electron chi connectivity index (χ2n) is 7.67. The van der Waals surface area contributed by atoms with E-state index >= 15 is 0 Å². The van der Waals surface area contributed by atoms with Crippen LogP contribution in [0.4, 0.5) is 5.69 Å². The van der Waals surface area contributed by atoms with Gasteiger partial charge in [-0.1, -0.05) is 0 Å². The SMILES string of the molecule is COc1cc(NC(=O)CCc2c(C)nc3c(C#N)cnn3c2C)c(C(=O)N(C)C)cc1OC. The maximum atomic E-state index is 12.8. The number of anilines is 1. The highest BCUT2D eigenvalue weighted by atomic mass is 16.5. The number of carbonyl (C=O) groups is 2. The Kier molecular flexibility index (Phi) is 6.82. The average molecular weight is 450 g/mol. The summed E-state index contributed by atoms with van der Waals surface area (Å²) >= 11 is 0. The number of methoxy groups -OCH3 is 2. The van der Waals surface area contributed by atoms with Crippen LogP contribution in [-0.2, 0) is 11.2 Å². The fourth-order valence-corrected chi connectivity index (χ4v) is 3.60. The molecule has 10 nitrogen and oxygen atoms in total. The predicted octanol–water partition coefficient (Wildman–Crippen LogP) is 2.51. The molecule has 1 aromatic carbocycles. The molecule has 3 aromatic rings. The molecule has 33 heavy (non-hydrogen) atoms. The third-order valence-electron chi connectivity index (χ3n) is 5.37. The molecule has 0 aliphatic carbocycles. The Bertz CT molecular complexity index is 1270. The van der Waals surface area contributed by atoms with Gasteiger partial charge in [0.1, 0.15) is 11.6 Å². The topological polar surface area (TPSA) is 122 Å². The Morgan fingerprint density at radius 3 is 2.45 bits per heavy atom. The molecule has 2 amide bonds. The monoisotopic (exact) mass is 450 g/mol. The van der Waals surface area contributed by atoms with Crippen molar-refractivity contribution in [2.24, 2.45) is 0 Å². The fourth-order valence-electron chi connectivity index (χ4n) is 3.60. The van der Waals surface area contributed by atoms with Crippen molar-refractivity contribution < 1.29 is 19.1 Å². The number of carbonyl (C=O) groups excluding carboxylic acids is 2. The van der Waals surface area contributed by atoms with E-state index in [1.807, 2.05) is 13.8 Å². The number of hydrogen-bond acceptors (Lipinski definition) is 7. The van der Waals surface area contributed by atoms with Gasteiger partial charge in [0.05, 0.1) is 31.7 Å². The molecule has 0 atom stereocenters. The smallest absolute Gasteiger partial charge is 0.255 e. The zero-order valence-corrected chi connectivity index (χ0v) is 19.5. The van der Waals surface area contributed by atoms with Crippen molar-refractivity contribution in [3.05, 3.63) is 46.4 Å². The second-order valence-corrected chi connectivity index (χ2v) is 7.67. The largest absolute Gasteiger partial charge is 0.493 e. The molecular weight excluding hydrogens is 424 g/mol. The van der Waals surface area contributed by atoms with Crippen LogP contribution in [0.2, 0.25) is 0 Å². The van der Waals surface area contributed by atoms with Crippen LogP contribution < -0.4 is 14.8 Å². The van der Waals surface area contributed by atoms with Gasteiger partial charge in [0.2, 0.25) is 5.91 Å². The van der Waals surface area contributed by atoms with E-state index < -0.39 is 0 Å². The zero-order valence-electron chi connectivity index (χ0n) is 19.5. The van der Waals surface area contributed by atoms with Crippen LogP contribution in [0.25, 0.3) is 5.65 Å².